The first-order chi connectivity index (χ1) is 5.77. The van der Waals surface area contributed by atoms with E-state index in [1.54, 1.807) is 0 Å². The van der Waals surface area contributed by atoms with E-state index in [1.807, 2.05) is 31.5 Å². The zero-order valence-corrected chi connectivity index (χ0v) is 8.14. The predicted octanol–water partition coefficient (Wildman–Crippen LogP) is 2.00. The van der Waals surface area contributed by atoms with Gasteiger partial charge < -0.3 is 10.7 Å². The van der Waals surface area contributed by atoms with Crippen LogP contribution in [-0.2, 0) is 0 Å². The van der Waals surface area contributed by atoms with Gasteiger partial charge in [-0.3, -0.25) is 4.98 Å². The van der Waals surface area contributed by atoms with Gasteiger partial charge in [0.2, 0.25) is 0 Å². The van der Waals surface area contributed by atoms with Crippen LogP contribution in [-0.4, -0.2) is 9.97 Å². The molecule has 0 aliphatic carbocycles. The highest BCUT2D eigenvalue weighted by Gasteiger charge is 2.01. The summed E-state index contributed by atoms with van der Waals surface area (Å²) < 4.78 is 0. The Morgan fingerprint density at radius 3 is 3.00 bits per heavy atom. The first-order valence-electron chi connectivity index (χ1n) is 3.96. The minimum Gasteiger partial charge on any atom is -0.360 e. The van der Waals surface area contributed by atoms with Crippen LogP contribution in [0.5, 0.6) is 0 Å². The summed E-state index contributed by atoms with van der Waals surface area (Å²) in [4.78, 5) is 7.35. The molecule has 1 atom stereocenters. The zero-order chi connectivity index (χ0) is 8.55. The summed E-state index contributed by atoms with van der Waals surface area (Å²) in [6, 6.07) is 4.03. The van der Waals surface area contributed by atoms with Crippen LogP contribution in [0.15, 0.2) is 24.5 Å². The summed E-state index contributed by atoms with van der Waals surface area (Å²) in [5.74, 6) is 0. The number of nitrogens with two attached hydrogens (primary N) is 1. The minimum absolute atomic E-state index is 0. The Morgan fingerprint density at radius 1 is 1.54 bits per heavy atom. The number of aromatic nitrogens is 2. The summed E-state index contributed by atoms with van der Waals surface area (Å²) in [7, 11) is 0. The summed E-state index contributed by atoms with van der Waals surface area (Å²) in [5.41, 5.74) is 8.81. The molecule has 0 aliphatic rings. The van der Waals surface area contributed by atoms with Crippen molar-refractivity contribution in [3.8, 4) is 0 Å². The number of rotatable bonds is 1. The molecule has 0 saturated carbocycles. The quantitative estimate of drug-likeness (QED) is 0.735. The predicted molar refractivity (Wildman–Crippen MR) is 55.9 cm³/mol. The number of pyridine rings is 1. The van der Waals surface area contributed by atoms with Gasteiger partial charge in [-0.2, -0.15) is 0 Å². The van der Waals surface area contributed by atoms with Crippen LogP contribution in [0.2, 0.25) is 0 Å². The second-order valence-electron chi connectivity index (χ2n) is 2.97. The molecule has 0 aromatic carbocycles. The van der Waals surface area contributed by atoms with Crippen molar-refractivity contribution in [2.75, 3.05) is 0 Å². The minimum atomic E-state index is 0. The Balaban J connectivity index is 0.000000845. The Hall–Kier alpha value is -1.06. The van der Waals surface area contributed by atoms with Gasteiger partial charge in [-0.25, -0.2) is 0 Å². The number of hydrogen-bond acceptors (Lipinski definition) is 2. The molecule has 0 unspecified atom stereocenters. The van der Waals surface area contributed by atoms with Crippen LogP contribution in [0.3, 0.4) is 0 Å². The lowest BCUT2D eigenvalue weighted by Gasteiger charge is -2.03. The number of nitrogens with one attached hydrogen (secondary N) is 1. The molecule has 0 amide bonds. The maximum absolute atomic E-state index is 5.72. The molecule has 70 valence electrons. The third-order valence-corrected chi connectivity index (χ3v) is 1.95. The number of hydrogen-bond donors (Lipinski definition) is 2. The number of H-pyrrole nitrogens is 1. The molecule has 0 bridgehead atoms. The average molecular weight is 198 g/mol. The third kappa shape index (κ3) is 1.82. The van der Waals surface area contributed by atoms with Crippen molar-refractivity contribution in [2.45, 2.75) is 13.0 Å². The van der Waals surface area contributed by atoms with Gasteiger partial charge in [0.1, 0.15) is 0 Å². The fraction of sp³-hybridized carbons (Fsp3) is 0.222. The van der Waals surface area contributed by atoms with Crippen molar-refractivity contribution in [3.63, 3.8) is 0 Å². The SMILES string of the molecule is C[C@H](N)c1cnc2cc[nH]c2c1.Cl. The molecule has 2 aromatic heterocycles. The molecule has 4 heteroatoms. The molecular weight excluding hydrogens is 186 g/mol. The highest BCUT2D eigenvalue weighted by molar-refractivity contribution is 5.85. The Morgan fingerprint density at radius 2 is 2.31 bits per heavy atom. The highest BCUT2D eigenvalue weighted by atomic mass is 35.5. The van der Waals surface area contributed by atoms with Gasteiger partial charge in [-0.1, -0.05) is 0 Å². The summed E-state index contributed by atoms with van der Waals surface area (Å²) >= 11 is 0. The first kappa shape index (κ1) is 10.0. The average Bonchev–Trinajstić information content (AvgIpc) is 2.49. The second kappa shape index (κ2) is 3.77. The maximum atomic E-state index is 5.72. The first-order valence-corrected chi connectivity index (χ1v) is 3.96. The topological polar surface area (TPSA) is 54.7 Å². The number of halogens is 1. The van der Waals surface area contributed by atoms with Gasteiger partial charge in [0.25, 0.3) is 0 Å². The van der Waals surface area contributed by atoms with Gasteiger partial charge >= 0.3 is 0 Å². The van der Waals surface area contributed by atoms with E-state index in [4.69, 9.17) is 5.73 Å². The van der Waals surface area contributed by atoms with E-state index in [0.717, 1.165) is 16.6 Å². The smallest absolute Gasteiger partial charge is 0.0878 e. The fourth-order valence-electron chi connectivity index (χ4n) is 1.20. The maximum Gasteiger partial charge on any atom is 0.0878 e. The van der Waals surface area contributed by atoms with E-state index in [2.05, 4.69) is 9.97 Å². The van der Waals surface area contributed by atoms with Crippen LogP contribution in [0.1, 0.15) is 18.5 Å². The molecule has 0 aliphatic heterocycles. The zero-order valence-electron chi connectivity index (χ0n) is 7.32. The van der Waals surface area contributed by atoms with E-state index in [0.29, 0.717) is 0 Å². The van der Waals surface area contributed by atoms with Crippen LogP contribution in [0.4, 0.5) is 0 Å². The van der Waals surface area contributed by atoms with E-state index in [9.17, 15) is 0 Å². The fourth-order valence-corrected chi connectivity index (χ4v) is 1.20. The van der Waals surface area contributed by atoms with E-state index in [1.165, 1.54) is 0 Å². The van der Waals surface area contributed by atoms with Gasteiger partial charge in [0.15, 0.2) is 0 Å². The summed E-state index contributed by atoms with van der Waals surface area (Å²) in [6.07, 6.45) is 3.70. The molecule has 0 radical (unpaired) electrons. The Bertz CT molecular complexity index is 394. The summed E-state index contributed by atoms with van der Waals surface area (Å²) in [5, 5.41) is 0. The number of nitrogens with zero attached hydrogens (tertiary/aromatic N) is 1. The monoisotopic (exact) mass is 197 g/mol. The molecule has 2 rings (SSSR count). The summed E-state index contributed by atoms with van der Waals surface area (Å²) in [6.45, 7) is 1.95. The molecule has 2 aromatic rings. The molecule has 0 saturated heterocycles. The van der Waals surface area contributed by atoms with Gasteiger partial charge in [-0.15, -0.1) is 12.4 Å². The largest absolute Gasteiger partial charge is 0.360 e. The lowest BCUT2D eigenvalue weighted by atomic mass is 10.1. The molecule has 0 spiro atoms. The lowest BCUT2D eigenvalue weighted by Crippen LogP contribution is -2.04. The molecular formula is C9H12ClN3. The lowest BCUT2D eigenvalue weighted by molar-refractivity contribution is 0.814. The van der Waals surface area contributed by atoms with Crippen LogP contribution in [0, 0.1) is 0 Å². The molecule has 13 heavy (non-hydrogen) atoms. The van der Waals surface area contributed by atoms with Crippen molar-refractivity contribution in [1.29, 1.82) is 0 Å². The molecule has 0 fully saturated rings. The third-order valence-electron chi connectivity index (χ3n) is 1.95. The van der Waals surface area contributed by atoms with Crippen molar-refractivity contribution in [3.05, 3.63) is 30.1 Å². The molecule has 3 nitrogen and oxygen atoms in total. The van der Waals surface area contributed by atoms with Gasteiger partial charge in [-0.05, 0) is 24.6 Å². The van der Waals surface area contributed by atoms with E-state index < -0.39 is 0 Å². The number of aromatic amines is 1. The van der Waals surface area contributed by atoms with Crippen LogP contribution < -0.4 is 5.73 Å². The van der Waals surface area contributed by atoms with Crippen molar-refractivity contribution in [2.24, 2.45) is 5.73 Å². The highest BCUT2D eigenvalue weighted by Crippen LogP contribution is 2.14. The van der Waals surface area contributed by atoms with Crippen molar-refractivity contribution >= 4 is 23.4 Å². The van der Waals surface area contributed by atoms with E-state index in [-0.39, 0.29) is 18.4 Å². The standard InChI is InChI=1S/C9H11N3.ClH/c1-6(10)7-4-9-8(12-5-7)2-3-11-9;/h2-6,11H,10H2,1H3;1H/t6-;/m0./s1. The molecule has 3 N–H and O–H groups in total. The van der Waals surface area contributed by atoms with Crippen LogP contribution in [0.25, 0.3) is 11.0 Å². The van der Waals surface area contributed by atoms with Crippen molar-refractivity contribution < 1.29 is 0 Å². The Kier molecular flexibility index (Phi) is 2.90. The second-order valence-corrected chi connectivity index (χ2v) is 2.97. The van der Waals surface area contributed by atoms with Crippen LogP contribution >= 0.6 is 12.4 Å². The van der Waals surface area contributed by atoms with Crippen molar-refractivity contribution in [1.82, 2.24) is 9.97 Å². The normalized spacial score (nSPS) is 12.5. The van der Waals surface area contributed by atoms with E-state index >= 15 is 0 Å². The van der Waals surface area contributed by atoms with Gasteiger partial charge in [0.05, 0.1) is 11.0 Å². The van der Waals surface area contributed by atoms with Gasteiger partial charge in [0, 0.05) is 18.4 Å². The Labute approximate surface area is 82.8 Å². The number of fused-ring (bicyclic) bond motifs is 1. The molecule has 2 heterocycles.